The van der Waals surface area contributed by atoms with Gasteiger partial charge in [-0.2, -0.15) is 0 Å². The Morgan fingerprint density at radius 3 is 2.76 bits per heavy atom. The molecule has 2 aromatic carbocycles. The number of aromatic nitrogens is 1. The molecule has 1 saturated heterocycles. The number of ether oxygens (including phenoxy) is 1. The molecule has 0 bridgehead atoms. The third kappa shape index (κ3) is 3.89. The standard InChI is InChI=1S/C22H20BrN3O2S/c23-18-4-1-15(2-5-18)11-20-13-24-21(29-20)25-8-7-16-3-6-19(12-17(16)14-25)26-9-10-28-22(26)27/h1-6,12-13H,7-11,14H2. The molecule has 7 heteroatoms. The van der Waals surface area contributed by atoms with Gasteiger partial charge in [0, 0.05) is 40.7 Å². The van der Waals surface area contributed by atoms with Gasteiger partial charge in [-0.1, -0.05) is 34.1 Å². The Bertz CT molecular complexity index is 1050. The van der Waals surface area contributed by atoms with E-state index in [1.165, 1.54) is 21.6 Å². The van der Waals surface area contributed by atoms with Gasteiger partial charge in [-0.25, -0.2) is 9.78 Å². The molecule has 0 radical (unpaired) electrons. The molecule has 1 aromatic heterocycles. The first-order valence-corrected chi connectivity index (χ1v) is 11.3. The normalized spacial score (nSPS) is 16.1. The summed E-state index contributed by atoms with van der Waals surface area (Å²) < 4.78 is 6.18. The van der Waals surface area contributed by atoms with Crippen LogP contribution in [0.15, 0.2) is 53.1 Å². The number of amides is 1. The highest BCUT2D eigenvalue weighted by Gasteiger charge is 2.26. The zero-order valence-corrected chi connectivity index (χ0v) is 18.2. The second-order valence-electron chi connectivity index (χ2n) is 7.30. The molecule has 148 valence electrons. The lowest BCUT2D eigenvalue weighted by Crippen LogP contribution is -2.31. The van der Waals surface area contributed by atoms with Gasteiger partial charge < -0.3 is 9.64 Å². The smallest absolute Gasteiger partial charge is 0.414 e. The van der Waals surface area contributed by atoms with Crippen LogP contribution in [-0.4, -0.2) is 30.8 Å². The third-order valence-corrected chi connectivity index (χ3v) is 6.96. The van der Waals surface area contributed by atoms with Gasteiger partial charge in [-0.05, 0) is 47.4 Å². The lowest BCUT2D eigenvalue weighted by atomic mass is 9.99. The van der Waals surface area contributed by atoms with E-state index in [-0.39, 0.29) is 6.09 Å². The lowest BCUT2D eigenvalue weighted by molar-refractivity contribution is 0.181. The zero-order valence-electron chi connectivity index (χ0n) is 15.8. The largest absolute Gasteiger partial charge is 0.447 e. The number of rotatable bonds is 4. The van der Waals surface area contributed by atoms with E-state index >= 15 is 0 Å². The van der Waals surface area contributed by atoms with Crippen molar-refractivity contribution in [1.29, 1.82) is 0 Å². The van der Waals surface area contributed by atoms with Gasteiger partial charge in [0.05, 0.1) is 6.54 Å². The van der Waals surface area contributed by atoms with E-state index in [4.69, 9.17) is 4.74 Å². The molecule has 29 heavy (non-hydrogen) atoms. The van der Waals surface area contributed by atoms with Crippen LogP contribution in [0.25, 0.3) is 0 Å². The number of cyclic esters (lactones) is 1. The number of fused-ring (bicyclic) bond motifs is 1. The molecule has 0 spiro atoms. The van der Waals surface area contributed by atoms with Gasteiger partial charge in [0.25, 0.3) is 0 Å². The second kappa shape index (κ2) is 7.80. The first kappa shape index (κ1) is 18.6. The first-order chi connectivity index (χ1) is 14.2. The summed E-state index contributed by atoms with van der Waals surface area (Å²) in [7, 11) is 0. The Balaban J connectivity index is 1.32. The van der Waals surface area contributed by atoms with Gasteiger partial charge in [-0.15, -0.1) is 11.3 Å². The number of anilines is 2. The van der Waals surface area contributed by atoms with Crippen molar-refractivity contribution in [2.24, 2.45) is 0 Å². The third-order valence-electron chi connectivity index (χ3n) is 5.38. The van der Waals surface area contributed by atoms with Crippen LogP contribution in [0.3, 0.4) is 0 Å². The van der Waals surface area contributed by atoms with Crippen LogP contribution in [0.5, 0.6) is 0 Å². The number of hydrogen-bond acceptors (Lipinski definition) is 5. The van der Waals surface area contributed by atoms with E-state index in [1.54, 1.807) is 16.2 Å². The SMILES string of the molecule is O=C1OCCN1c1ccc2c(c1)CN(c1ncc(Cc3ccc(Br)cc3)s1)CC2. The number of benzene rings is 2. The van der Waals surface area contributed by atoms with Crippen LogP contribution >= 0.6 is 27.3 Å². The molecular formula is C22H20BrN3O2S. The number of carbonyl (C=O) groups excluding carboxylic acids is 1. The molecule has 0 N–H and O–H groups in total. The minimum Gasteiger partial charge on any atom is -0.447 e. The Kier molecular flexibility index (Phi) is 5.01. The number of thiazole rings is 1. The van der Waals surface area contributed by atoms with Gasteiger partial charge in [0.15, 0.2) is 5.13 Å². The maximum Gasteiger partial charge on any atom is 0.414 e. The fraction of sp³-hybridized carbons (Fsp3) is 0.273. The fourth-order valence-corrected chi connectivity index (χ4v) is 5.06. The molecular weight excluding hydrogens is 450 g/mol. The molecule has 0 saturated carbocycles. The predicted octanol–water partition coefficient (Wildman–Crippen LogP) is 5.02. The highest BCUT2D eigenvalue weighted by Crippen LogP contribution is 2.31. The van der Waals surface area contributed by atoms with Gasteiger partial charge in [-0.3, -0.25) is 4.90 Å². The monoisotopic (exact) mass is 469 g/mol. The van der Waals surface area contributed by atoms with Crippen molar-refractivity contribution >= 4 is 44.2 Å². The second-order valence-corrected chi connectivity index (χ2v) is 9.31. The molecule has 3 aromatic rings. The van der Waals surface area contributed by atoms with Gasteiger partial charge in [0.2, 0.25) is 0 Å². The number of nitrogens with zero attached hydrogens (tertiary/aromatic N) is 3. The molecule has 3 heterocycles. The van der Waals surface area contributed by atoms with E-state index in [1.807, 2.05) is 12.3 Å². The maximum atomic E-state index is 11.9. The van der Waals surface area contributed by atoms with Crippen LogP contribution < -0.4 is 9.80 Å². The van der Waals surface area contributed by atoms with Crippen LogP contribution in [0.4, 0.5) is 15.6 Å². The first-order valence-electron chi connectivity index (χ1n) is 9.66. The van der Waals surface area contributed by atoms with Crippen molar-refractivity contribution in [3.63, 3.8) is 0 Å². The molecule has 2 aliphatic rings. The Morgan fingerprint density at radius 2 is 1.97 bits per heavy atom. The maximum absolute atomic E-state index is 11.9. The van der Waals surface area contributed by atoms with Crippen molar-refractivity contribution in [2.75, 3.05) is 29.5 Å². The quantitative estimate of drug-likeness (QED) is 0.538. The average Bonchev–Trinajstić information content (AvgIpc) is 3.38. The van der Waals surface area contributed by atoms with E-state index in [9.17, 15) is 4.79 Å². The molecule has 0 aliphatic carbocycles. The Morgan fingerprint density at radius 1 is 1.10 bits per heavy atom. The summed E-state index contributed by atoms with van der Waals surface area (Å²) in [6.45, 7) is 2.86. The van der Waals surface area contributed by atoms with Crippen molar-refractivity contribution < 1.29 is 9.53 Å². The van der Waals surface area contributed by atoms with Crippen LogP contribution in [0.2, 0.25) is 0 Å². The molecule has 0 atom stereocenters. The van der Waals surface area contributed by atoms with Crippen molar-refractivity contribution in [3.8, 4) is 0 Å². The number of halogens is 1. The zero-order chi connectivity index (χ0) is 19.8. The fourth-order valence-electron chi connectivity index (χ4n) is 3.83. The topological polar surface area (TPSA) is 45.7 Å². The minimum absolute atomic E-state index is 0.255. The van der Waals surface area contributed by atoms with Crippen LogP contribution in [-0.2, 0) is 24.1 Å². The summed E-state index contributed by atoms with van der Waals surface area (Å²) in [5.74, 6) is 0. The summed E-state index contributed by atoms with van der Waals surface area (Å²) in [5, 5.41) is 1.06. The summed E-state index contributed by atoms with van der Waals surface area (Å²) in [5.41, 5.74) is 4.82. The van der Waals surface area contributed by atoms with E-state index in [0.29, 0.717) is 13.2 Å². The summed E-state index contributed by atoms with van der Waals surface area (Å²) in [4.78, 5) is 21.9. The molecule has 1 fully saturated rings. The summed E-state index contributed by atoms with van der Waals surface area (Å²) >= 11 is 5.25. The van der Waals surface area contributed by atoms with Crippen molar-refractivity contribution in [1.82, 2.24) is 4.98 Å². The average molecular weight is 470 g/mol. The lowest BCUT2D eigenvalue weighted by Gasteiger charge is -2.29. The van der Waals surface area contributed by atoms with Crippen molar-refractivity contribution in [2.45, 2.75) is 19.4 Å². The predicted molar refractivity (Wildman–Crippen MR) is 119 cm³/mol. The number of carbonyl (C=O) groups is 1. The summed E-state index contributed by atoms with van der Waals surface area (Å²) in [6.07, 6.45) is 3.63. The summed E-state index contributed by atoms with van der Waals surface area (Å²) in [6, 6.07) is 14.7. The van der Waals surface area contributed by atoms with Crippen LogP contribution in [0, 0.1) is 0 Å². The van der Waals surface area contributed by atoms with E-state index in [2.05, 4.69) is 62.2 Å². The van der Waals surface area contributed by atoms with Crippen LogP contribution in [0.1, 0.15) is 21.6 Å². The minimum atomic E-state index is -0.255. The van der Waals surface area contributed by atoms with E-state index < -0.39 is 0 Å². The molecule has 5 rings (SSSR count). The molecule has 1 amide bonds. The number of hydrogen-bond donors (Lipinski definition) is 0. The Hall–Kier alpha value is -2.38. The van der Waals surface area contributed by atoms with Gasteiger partial charge in [0.1, 0.15) is 6.61 Å². The molecule has 5 nitrogen and oxygen atoms in total. The molecule has 2 aliphatic heterocycles. The highest BCUT2D eigenvalue weighted by molar-refractivity contribution is 9.10. The molecule has 0 unspecified atom stereocenters. The van der Waals surface area contributed by atoms with Crippen molar-refractivity contribution in [3.05, 3.63) is 74.7 Å². The van der Waals surface area contributed by atoms with Gasteiger partial charge >= 0.3 is 6.09 Å². The van der Waals surface area contributed by atoms with E-state index in [0.717, 1.165) is 41.2 Å². The highest BCUT2D eigenvalue weighted by atomic mass is 79.9. The Labute approximate surface area is 182 Å².